The maximum atomic E-state index is 4.80. The molecule has 1 heterocycles. The number of hydrogen-bond donors (Lipinski definition) is 1. The molecule has 1 atom stereocenters. The van der Waals surface area contributed by atoms with Crippen LogP contribution in [-0.2, 0) is 0 Å². The van der Waals surface area contributed by atoms with Crippen molar-refractivity contribution in [3.63, 3.8) is 0 Å². The van der Waals surface area contributed by atoms with Gasteiger partial charge in [-0.2, -0.15) is 0 Å². The predicted molar refractivity (Wildman–Crippen MR) is 83.1 cm³/mol. The van der Waals surface area contributed by atoms with Gasteiger partial charge in [0.05, 0.1) is 0 Å². The van der Waals surface area contributed by atoms with E-state index in [0.717, 1.165) is 29.9 Å². The van der Waals surface area contributed by atoms with Gasteiger partial charge in [-0.3, -0.25) is 0 Å². The van der Waals surface area contributed by atoms with Crippen molar-refractivity contribution in [3.8, 4) is 0 Å². The molecular weight excluding hydrogens is 254 g/mol. The van der Waals surface area contributed by atoms with Crippen molar-refractivity contribution in [2.45, 2.75) is 57.9 Å². The number of rotatable bonds is 7. The van der Waals surface area contributed by atoms with Gasteiger partial charge in [0.15, 0.2) is 0 Å². The highest BCUT2D eigenvalue weighted by Gasteiger charge is 2.28. The topological polar surface area (TPSA) is 37.8 Å². The van der Waals surface area contributed by atoms with Crippen molar-refractivity contribution >= 4 is 17.6 Å². The lowest BCUT2D eigenvalue weighted by atomic mass is 10.2. The van der Waals surface area contributed by atoms with E-state index in [2.05, 4.69) is 33.0 Å². The van der Waals surface area contributed by atoms with E-state index in [1.165, 1.54) is 29.9 Å². The van der Waals surface area contributed by atoms with Crippen LogP contribution in [0.4, 0.5) is 5.82 Å². The van der Waals surface area contributed by atoms with Crippen LogP contribution in [0.5, 0.6) is 0 Å². The minimum atomic E-state index is 0.612. The van der Waals surface area contributed by atoms with Crippen LogP contribution in [0.25, 0.3) is 0 Å². The molecule has 1 aromatic rings. The molecule has 2 rings (SSSR count). The number of anilines is 1. The molecule has 0 radical (unpaired) electrons. The average molecular weight is 279 g/mol. The molecule has 0 spiro atoms. The van der Waals surface area contributed by atoms with E-state index < -0.39 is 0 Å². The Morgan fingerprint density at radius 2 is 2.05 bits per heavy atom. The summed E-state index contributed by atoms with van der Waals surface area (Å²) in [5, 5.41) is 4.55. The van der Waals surface area contributed by atoms with Crippen molar-refractivity contribution in [2.75, 3.05) is 17.6 Å². The summed E-state index contributed by atoms with van der Waals surface area (Å²) in [6, 6.07) is 0. The summed E-state index contributed by atoms with van der Waals surface area (Å²) in [4.78, 5) is 9.49. The first-order valence-corrected chi connectivity index (χ1v) is 8.39. The van der Waals surface area contributed by atoms with E-state index in [0.29, 0.717) is 5.92 Å². The van der Waals surface area contributed by atoms with Crippen LogP contribution in [0.15, 0.2) is 5.03 Å². The van der Waals surface area contributed by atoms with E-state index in [1.807, 2.05) is 11.8 Å². The fourth-order valence-corrected chi connectivity index (χ4v) is 3.01. The summed E-state index contributed by atoms with van der Waals surface area (Å²) < 4.78 is 0. The maximum Gasteiger partial charge on any atom is 0.135 e. The summed E-state index contributed by atoms with van der Waals surface area (Å²) in [7, 11) is 0. The van der Waals surface area contributed by atoms with Crippen LogP contribution in [-0.4, -0.2) is 22.3 Å². The molecule has 0 aromatic carbocycles. The first-order chi connectivity index (χ1) is 9.15. The normalized spacial score (nSPS) is 16.4. The van der Waals surface area contributed by atoms with Crippen molar-refractivity contribution in [2.24, 2.45) is 5.92 Å². The Kier molecular flexibility index (Phi) is 5.08. The highest BCUT2D eigenvalue weighted by molar-refractivity contribution is 7.99. The van der Waals surface area contributed by atoms with E-state index in [1.54, 1.807) is 0 Å². The molecule has 1 aliphatic carbocycles. The van der Waals surface area contributed by atoms with Gasteiger partial charge in [0, 0.05) is 23.8 Å². The minimum absolute atomic E-state index is 0.612. The van der Waals surface area contributed by atoms with Crippen molar-refractivity contribution in [1.29, 1.82) is 0 Å². The van der Waals surface area contributed by atoms with Gasteiger partial charge in [-0.1, -0.05) is 20.3 Å². The second kappa shape index (κ2) is 6.60. The molecule has 1 aliphatic rings. The molecule has 0 bridgehead atoms. The quantitative estimate of drug-likeness (QED) is 0.598. The standard InChI is InChI=1S/C15H25N3S/c1-5-10(3)9-19-15-11(4)13(16-6-2)17-14(18-15)12-7-8-12/h10,12H,5-9H2,1-4H3,(H,16,17,18). The minimum Gasteiger partial charge on any atom is -0.370 e. The van der Waals surface area contributed by atoms with Crippen LogP contribution >= 0.6 is 11.8 Å². The van der Waals surface area contributed by atoms with Crippen molar-refractivity contribution < 1.29 is 0 Å². The van der Waals surface area contributed by atoms with E-state index in [9.17, 15) is 0 Å². The largest absolute Gasteiger partial charge is 0.370 e. The Labute approximate surface area is 121 Å². The van der Waals surface area contributed by atoms with Gasteiger partial charge in [0.1, 0.15) is 16.7 Å². The van der Waals surface area contributed by atoms with Gasteiger partial charge < -0.3 is 5.32 Å². The van der Waals surface area contributed by atoms with Crippen LogP contribution < -0.4 is 5.32 Å². The molecular formula is C15H25N3S. The molecule has 0 saturated heterocycles. The van der Waals surface area contributed by atoms with Gasteiger partial charge in [-0.05, 0) is 32.6 Å². The zero-order chi connectivity index (χ0) is 13.8. The third-order valence-electron chi connectivity index (χ3n) is 3.61. The second-order valence-corrected chi connectivity index (χ2v) is 6.50. The lowest BCUT2D eigenvalue weighted by molar-refractivity contribution is 0.636. The third-order valence-corrected chi connectivity index (χ3v) is 5.01. The molecule has 1 fully saturated rings. The smallest absolute Gasteiger partial charge is 0.135 e. The molecule has 0 aliphatic heterocycles. The fraction of sp³-hybridized carbons (Fsp3) is 0.733. The Bertz CT molecular complexity index is 430. The average Bonchev–Trinajstić information content (AvgIpc) is 3.23. The monoisotopic (exact) mass is 279 g/mol. The Morgan fingerprint density at radius 3 is 2.63 bits per heavy atom. The third kappa shape index (κ3) is 3.85. The number of nitrogens with zero attached hydrogens (tertiary/aromatic N) is 2. The Hall–Kier alpha value is -0.770. The van der Waals surface area contributed by atoms with Gasteiger partial charge in [0.2, 0.25) is 0 Å². The SMILES string of the molecule is CCNc1nc(C2CC2)nc(SCC(C)CC)c1C. The van der Waals surface area contributed by atoms with Crippen molar-refractivity contribution in [3.05, 3.63) is 11.4 Å². The first kappa shape index (κ1) is 14.6. The van der Waals surface area contributed by atoms with Crippen LogP contribution in [0.1, 0.15) is 57.3 Å². The van der Waals surface area contributed by atoms with Gasteiger partial charge in [0.25, 0.3) is 0 Å². The summed E-state index contributed by atoms with van der Waals surface area (Å²) >= 11 is 1.89. The molecule has 1 saturated carbocycles. The van der Waals surface area contributed by atoms with Crippen molar-refractivity contribution in [1.82, 2.24) is 9.97 Å². The van der Waals surface area contributed by atoms with Gasteiger partial charge in [-0.15, -0.1) is 11.8 Å². The number of thioether (sulfide) groups is 1. The summed E-state index contributed by atoms with van der Waals surface area (Å²) in [6.45, 7) is 9.71. The van der Waals surface area contributed by atoms with Crippen LogP contribution in [0, 0.1) is 12.8 Å². The van der Waals surface area contributed by atoms with Gasteiger partial charge >= 0.3 is 0 Å². The van der Waals surface area contributed by atoms with Crippen LogP contribution in [0.3, 0.4) is 0 Å². The molecule has 1 unspecified atom stereocenters. The molecule has 106 valence electrons. The maximum absolute atomic E-state index is 4.80. The van der Waals surface area contributed by atoms with E-state index >= 15 is 0 Å². The molecule has 3 nitrogen and oxygen atoms in total. The van der Waals surface area contributed by atoms with Crippen LogP contribution in [0.2, 0.25) is 0 Å². The zero-order valence-electron chi connectivity index (χ0n) is 12.5. The van der Waals surface area contributed by atoms with E-state index in [4.69, 9.17) is 9.97 Å². The van der Waals surface area contributed by atoms with Gasteiger partial charge in [-0.25, -0.2) is 9.97 Å². The molecule has 19 heavy (non-hydrogen) atoms. The predicted octanol–water partition coefficient (Wildman–Crippen LogP) is 4.23. The lowest BCUT2D eigenvalue weighted by Crippen LogP contribution is -2.08. The highest BCUT2D eigenvalue weighted by Crippen LogP contribution is 2.40. The summed E-state index contributed by atoms with van der Waals surface area (Å²) in [5.74, 6) is 4.58. The number of aromatic nitrogens is 2. The zero-order valence-corrected chi connectivity index (χ0v) is 13.3. The number of nitrogens with one attached hydrogen (secondary N) is 1. The Morgan fingerprint density at radius 1 is 1.32 bits per heavy atom. The molecule has 0 amide bonds. The molecule has 1 N–H and O–H groups in total. The highest BCUT2D eigenvalue weighted by atomic mass is 32.2. The number of hydrogen-bond acceptors (Lipinski definition) is 4. The summed E-state index contributed by atoms with van der Waals surface area (Å²) in [5.41, 5.74) is 1.21. The first-order valence-electron chi connectivity index (χ1n) is 7.40. The Balaban J connectivity index is 2.19. The fourth-order valence-electron chi connectivity index (χ4n) is 1.86. The van der Waals surface area contributed by atoms with E-state index in [-0.39, 0.29) is 0 Å². The molecule has 1 aromatic heterocycles. The lowest BCUT2D eigenvalue weighted by Gasteiger charge is -2.14. The second-order valence-electron chi connectivity index (χ2n) is 5.49. The summed E-state index contributed by atoms with van der Waals surface area (Å²) in [6.07, 6.45) is 3.74. The molecule has 4 heteroatoms.